The average molecular weight is 314 g/mol. The van der Waals surface area contributed by atoms with Gasteiger partial charge >= 0.3 is 5.97 Å². The Balaban J connectivity index is 4.13. The summed E-state index contributed by atoms with van der Waals surface area (Å²) < 4.78 is 0. The summed E-state index contributed by atoms with van der Waals surface area (Å²) in [6.45, 7) is 7.13. The van der Waals surface area contributed by atoms with E-state index in [1.54, 1.807) is 20.8 Å². The normalized spacial score (nSPS) is 13.5. The highest BCUT2D eigenvalue weighted by Gasteiger charge is 2.26. The zero-order valence-corrected chi connectivity index (χ0v) is 14.1. The van der Waals surface area contributed by atoms with E-state index in [1.807, 2.05) is 0 Å². The summed E-state index contributed by atoms with van der Waals surface area (Å²) in [5.41, 5.74) is 0. The fourth-order valence-electron chi connectivity index (χ4n) is 2.06. The van der Waals surface area contributed by atoms with E-state index in [0.29, 0.717) is 6.42 Å². The highest BCUT2D eigenvalue weighted by Crippen LogP contribution is 2.05. The molecule has 0 aromatic rings. The molecule has 2 atom stereocenters. The lowest BCUT2D eigenvalue weighted by atomic mass is 10.0. The second-order valence-corrected chi connectivity index (χ2v) is 6.02. The van der Waals surface area contributed by atoms with Crippen molar-refractivity contribution in [1.29, 1.82) is 0 Å². The third-order valence-corrected chi connectivity index (χ3v) is 3.51. The van der Waals surface area contributed by atoms with Crippen molar-refractivity contribution >= 4 is 17.8 Å². The third-order valence-electron chi connectivity index (χ3n) is 3.51. The van der Waals surface area contributed by atoms with Crippen LogP contribution in [-0.2, 0) is 14.4 Å². The average Bonchev–Trinajstić information content (AvgIpc) is 2.43. The molecule has 2 amide bonds. The number of hydrogen-bond donors (Lipinski definition) is 3. The molecular weight excluding hydrogens is 284 g/mol. The van der Waals surface area contributed by atoms with E-state index in [0.717, 1.165) is 25.7 Å². The predicted molar refractivity (Wildman–Crippen MR) is 85.4 cm³/mol. The minimum Gasteiger partial charge on any atom is -0.480 e. The van der Waals surface area contributed by atoms with Crippen LogP contribution in [-0.4, -0.2) is 35.0 Å². The first kappa shape index (κ1) is 20.4. The first-order valence-electron chi connectivity index (χ1n) is 8.12. The molecule has 6 heteroatoms. The van der Waals surface area contributed by atoms with Crippen molar-refractivity contribution in [1.82, 2.24) is 10.6 Å². The van der Waals surface area contributed by atoms with Gasteiger partial charge in [-0.2, -0.15) is 0 Å². The second-order valence-electron chi connectivity index (χ2n) is 6.02. The standard InChI is InChI=1S/C16H30N2O4/c1-5-6-7-8-9-10-13(19)17-12(4)15(20)18-14(11(2)3)16(21)22/h11-12,14H,5-10H2,1-4H3,(H,17,19)(H,18,20)(H,21,22)/t12-,14-/m0/s1. The lowest BCUT2D eigenvalue weighted by molar-refractivity contribution is -0.143. The molecule has 0 heterocycles. The van der Waals surface area contributed by atoms with Crippen molar-refractivity contribution in [2.24, 2.45) is 5.92 Å². The van der Waals surface area contributed by atoms with Crippen LogP contribution in [0.25, 0.3) is 0 Å². The highest BCUT2D eigenvalue weighted by atomic mass is 16.4. The Morgan fingerprint density at radius 1 is 0.955 bits per heavy atom. The number of carboxylic acid groups (broad SMARTS) is 1. The van der Waals surface area contributed by atoms with Crippen LogP contribution in [0.3, 0.4) is 0 Å². The molecule has 0 aliphatic heterocycles. The third kappa shape index (κ3) is 8.64. The maximum absolute atomic E-state index is 11.9. The molecule has 0 fully saturated rings. The van der Waals surface area contributed by atoms with E-state index in [2.05, 4.69) is 17.6 Å². The van der Waals surface area contributed by atoms with Crippen LogP contribution in [0.5, 0.6) is 0 Å². The summed E-state index contributed by atoms with van der Waals surface area (Å²) in [5.74, 6) is -1.93. The van der Waals surface area contributed by atoms with Crippen molar-refractivity contribution in [3.05, 3.63) is 0 Å². The molecule has 0 aromatic heterocycles. The number of unbranched alkanes of at least 4 members (excludes halogenated alkanes) is 4. The lowest BCUT2D eigenvalue weighted by Crippen LogP contribution is -2.52. The van der Waals surface area contributed by atoms with Gasteiger partial charge in [-0.1, -0.05) is 46.5 Å². The van der Waals surface area contributed by atoms with Crippen LogP contribution in [0, 0.1) is 5.92 Å². The number of carbonyl (C=O) groups excluding carboxylic acids is 2. The molecule has 0 unspecified atom stereocenters. The van der Waals surface area contributed by atoms with Crippen molar-refractivity contribution in [3.63, 3.8) is 0 Å². The maximum atomic E-state index is 11.9. The van der Waals surface area contributed by atoms with E-state index in [1.165, 1.54) is 6.42 Å². The summed E-state index contributed by atoms with van der Waals surface area (Å²) in [5, 5.41) is 14.1. The van der Waals surface area contributed by atoms with Crippen molar-refractivity contribution in [2.75, 3.05) is 0 Å². The van der Waals surface area contributed by atoms with E-state index in [-0.39, 0.29) is 11.8 Å². The molecule has 3 N–H and O–H groups in total. The van der Waals surface area contributed by atoms with Crippen LogP contribution in [0.1, 0.15) is 66.2 Å². The van der Waals surface area contributed by atoms with Gasteiger partial charge in [-0.3, -0.25) is 9.59 Å². The van der Waals surface area contributed by atoms with Gasteiger partial charge in [0.15, 0.2) is 0 Å². The number of aliphatic carboxylic acids is 1. The van der Waals surface area contributed by atoms with E-state index in [9.17, 15) is 14.4 Å². The molecule has 0 radical (unpaired) electrons. The summed E-state index contributed by atoms with van der Waals surface area (Å²) >= 11 is 0. The van der Waals surface area contributed by atoms with E-state index in [4.69, 9.17) is 5.11 Å². The fraction of sp³-hybridized carbons (Fsp3) is 0.812. The molecular formula is C16H30N2O4. The van der Waals surface area contributed by atoms with Gasteiger partial charge in [0.2, 0.25) is 11.8 Å². The molecule has 0 saturated carbocycles. The Kier molecular flexibility index (Phi) is 10.2. The minimum atomic E-state index is -1.07. The zero-order valence-electron chi connectivity index (χ0n) is 14.1. The quantitative estimate of drug-likeness (QED) is 0.509. The fourth-order valence-corrected chi connectivity index (χ4v) is 2.06. The Hall–Kier alpha value is -1.59. The summed E-state index contributed by atoms with van der Waals surface area (Å²) in [7, 11) is 0. The van der Waals surface area contributed by atoms with Gasteiger partial charge in [-0.05, 0) is 19.3 Å². The van der Waals surface area contributed by atoms with Crippen LogP contribution in [0.4, 0.5) is 0 Å². The van der Waals surface area contributed by atoms with Gasteiger partial charge in [-0.25, -0.2) is 4.79 Å². The predicted octanol–water partition coefficient (Wildman–Crippen LogP) is 2.08. The monoisotopic (exact) mass is 314 g/mol. The van der Waals surface area contributed by atoms with Crippen LogP contribution in [0.15, 0.2) is 0 Å². The molecule has 6 nitrogen and oxygen atoms in total. The van der Waals surface area contributed by atoms with Crippen LogP contribution >= 0.6 is 0 Å². The molecule has 0 aliphatic rings. The first-order chi connectivity index (χ1) is 10.3. The largest absolute Gasteiger partial charge is 0.480 e. The van der Waals surface area contributed by atoms with Crippen LogP contribution in [0.2, 0.25) is 0 Å². The van der Waals surface area contributed by atoms with E-state index < -0.39 is 24.0 Å². The lowest BCUT2D eigenvalue weighted by Gasteiger charge is -2.21. The molecule has 22 heavy (non-hydrogen) atoms. The first-order valence-corrected chi connectivity index (χ1v) is 8.12. The van der Waals surface area contributed by atoms with Gasteiger partial charge in [0.05, 0.1) is 0 Å². The van der Waals surface area contributed by atoms with Gasteiger partial charge in [0.1, 0.15) is 12.1 Å². The van der Waals surface area contributed by atoms with Crippen molar-refractivity contribution in [3.8, 4) is 0 Å². The molecule has 0 aliphatic carbocycles. The van der Waals surface area contributed by atoms with Crippen molar-refractivity contribution < 1.29 is 19.5 Å². The van der Waals surface area contributed by atoms with Gasteiger partial charge in [0.25, 0.3) is 0 Å². The summed E-state index contributed by atoms with van der Waals surface area (Å²) in [6, 6.07) is -1.68. The Bertz CT molecular complexity index is 369. The summed E-state index contributed by atoms with van der Waals surface area (Å²) in [6.07, 6.45) is 5.67. The smallest absolute Gasteiger partial charge is 0.326 e. The Morgan fingerprint density at radius 2 is 1.55 bits per heavy atom. The van der Waals surface area contributed by atoms with Gasteiger partial charge in [0, 0.05) is 6.42 Å². The number of nitrogens with one attached hydrogen (secondary N) is 2. The maximum Gasteiger partial charge on any atom is 0.326 e. The molecule has 128 valence electrons. The van der Waals surface area contributed by atoms with Crippen LogP contribution < -0.4 is 10.6 Å². The topological polar surface area (TPSA) is 95.5 Å². The zero-order chi connectivity index (χ0) is 17.1. The SMILES string of the molecule is CCCCCCCC(=O)N[C@@H](C)C(=O)N[C@H](C(=O)O)C(C)C. The molecule has 0 rings (SSSR count). The molecule has 0 aromatic carbocycles. The molecule has 0 spiro atoms. The Labute approximate surface area is 133 Å². The number of rotatable bonds is 11. The van der Waals surface area contributed by atoms with Gasteiger partial charge in [-0.15, -0.1) is 0 Å². The second kappa shape index (κ2) is 11.0. The van der Waals surface area contributed by atoms with Gasteiger partial charge < -0.3 is 15.7 Å². The number of amides is 2. The summed E-state index contributed by atoms with van der Waals surface area (Å²) in [4.78, 5) is 34.7. The highest BCUT2D eigenvalue weighted by molar-refractivity contribution is 5.90. The number of carbonyl (C=O) groups is 3. The van der Waals surface area contributed by atoms with Crippen molar-refractivity contribution in [2.45, 2.75) is 78.3 Å². The molecule has 0 bridgehead atoms. The number of carboxylic acids is 1. The Morgan fingerprint density at radius 3 is 2.05 bits per heavy atom. The minimum absolute atomic E-state index is 0.171. The molecule has 0 saturated heterocycles. The van der Waals surface area contributed by atoms with E-state index >= 15 is 0 Å². The number of hydrogen-bond acceptors (Lipinski definition) is 3.